The van der Waals surface area contributed by atoms with Crippen LogP contribution in [-0.2, 0) is 0 Å². The monoisotopic (exact) mass is 192 g/mol. The molecule has 0 spiro atoms. The lowest BCUT2D eigenvalue weighted by Crippen LogP contribution is -1.96. The smallest absolute Gasteiger partial charge is 0.338 e. The van der Waals surface area contributed by atoms with Gasteiger partial charge >= 0.3 is 5.97 Å². The summed E-state index contributed by atoms with van der Waals surface area (Å²) < 4.78 is 5.22. The van der Waals surface area contributed by atoms with Crippen molar-refractivity contribution < 1.29 is 14.3 Å². The number of anilines is 1. The first-order valence-corrected chi connectivity index (χ1v) is 4.03. The normalized spacial score (nSPS) is 10.4. The molecule has 0 bridgehead atoms. The molecule has 1 aromatic carbocycles. The zero-order valence-electron chi connectivity index (χ0n) is 7.44. The summed E-state index contributed by atoms with van der Waals surface area (Å²) in [6.07, 6.45) is 0. The van der Waals surface area contributed by atoms with E-state index in [-0.39, 0.29) is 5.56 Å². The third kappa shape index (κ3) is 1.19. The van der Waals surface area contributed by atoms with E-state index in [1.54, 1.807) is 19.2 Å². The van der Waals surface area contributed by atoms with E-state index in [0.29, 0.717) is 17.1 Å². The molecule has 0 fully saturated rings. The van der Waals surface area contributed by atoms with Gasteiger partial charge in [-0.2, -0.15) is 4.98 Å². The SMILES string of the molecule is CNc1nc2c(C(=O)O)cccc2o1. The van der Waals surface area contributed by atoms with Crippen molar-refractivity contribution in [3.05, 3.63) is 23.8 Å². The number of carboxylic acid groups (broad SMARTS) is 1. The summed E-state index contributed by atoms with van der Waals surface area (Å²) in [5.41, 5.74) is 0.978. The number of oxazole rings is 1. The average Bonchev–Trinajstić information content (AvgIpc) is 2.59. The van der Waals surface area contributed by atoms with Gasteiger partial charge in [-0.05, 0) is 12.1 Å². The van der Waals surface area contributed by atoms with Gasteiger partial charge in [0.15, 0.2) is 5.58 Å². The van der Waals surface area contributed by atoms with Crippen LogP contribution in [0.3, 0.4) is 0 Å². The van der Waals surface area contributed by atoms with Crippen molar-refractivity contribution in [2.75, 3.05) is 12.4 Å². The first kappa shape index (κ1) is 8.55. The molecular formula is C9H8N2O3. The minimum Gasteiger partial charge on any atom is -0.478 e. The number of benzene rings is 1. The van der Waals surface area contributed by atoms with Crippen molar-refractivity contribution in [1.82, 2.24) is 4.98 Å². The largest absolute Gasteiger partial charge is 0.478 e. The maximum absolute atomic E-state index is 10.8. The second-order valence-electron chi connectivity index (χ2n) is 2.73. The Balaban J connectivity index is 2.73. The molecule has 0 saturated heterocycles. The Bertz CT molecular complexity index is 490. The minimum absolute atomic E-state index is 0.146. The summed E-state index contributed by atoms with van der Waals surface area (Å²) in [7, 11) is 1.66. The fourth-order valence-corrected chi connectivity index (χ4v) is 1.23. The van der Waals surface area contributed by atoms with Gasteiger partial charge in [-0.25, -0.2) is 4.79 Å². The fraction of sp³-hybridized carbons (Fsp3) is 0.111. The molecule has 0 amide bonds. The van der Waals surface area contributed by atoms with E-state index < -0.39 is 5.97 Å². The first-order chi connectivity index (χ1) is 6.72. The topological polar surface area (TPSA) is 75.4 Å². The van der Waals surface area contributed by atoms with Crippen molar-refractivity contribution in [3.63, 3.8) is 0 Å². The molecule has 5 heteroatoms. The Kier molecular flexibility index (Phi) is 1.85. The van der Waals surface area contributed by atoms with Gasteiger partial charge in [-0.15, -0.1) is 0 Å². The maximum atomic E-state index is 10.8. The Hall–Kier alpha value is -2.04. The van der Waals surface area contributed by atoms with Gasteiger partial charge in [0.1, 0.15) is 5.52 Å². The standard InChI is InChI=1S/C9H8N2O3/c1-10-9-11-7-5(8(12)13)3-2-4-6(7)14-9/h2-4H,1H3,(H,10,11)(H,12,13). The number of hydrogen-bond acceptors (Lipinski definition) is 4. The minimum atomic E-state index is -1.01. The van der Waals surface area contributed by atoms with Crippen molar-refractivity contribution in [2.45, 2.75) is 0 Å². The fourth-order valence-electron chi connectivity index (χ4n) is 1.23. The summed E-state index contributed by atoms with van der Waals surface area (Å²) in [6.45, 7) is 0. The second kappa shape index (κ2) is 3.02. The third-order valence-electron chi connectivity index (χ3n) is 1.86. The summed E-state index contributed by atoms with van der Waals surface area (Å²) in [6, 6.07) is 5.10. The molecule has 2 N–H and O–H groups in total. The van der Waals surface area contributed by atoms with Gasteiger partial charge in [0, 0.05) is 7.05 Å². The molecule has 0 aliphatic rings. The first-order valence-electron chi connectivity index (χ1n) is 4.03. The molecule has 14 heavy (non-hydrogen) atoms. The predicted molar refractivity (Wildman–Crippen MR) is 50.5 cm³/mol. The number of fused-ring (bicyclic) bond motifs is 1. The molecule has 5 nitrogen and oxygen atoms in total. The Morgan fingerprint density at radius 3 is 3.00 bits per heavy atom. The molecule has 0 aliphatic heterocycles. The molecule has 0 radical (unpaired) electrons. The summed E-state index contributed by atoms with van der Waals surface area (Å²) >= 11 is 0. The lowest BCUT2D eigenvalue weighted by Gasteiger charge is -1.92. The van der Waals surface area contributed by atoms with Crippen molar-refractivity contribution >= 4 is 23.1 Å². The molecular weight excluding hydrogens is 184 g/mol. The van der Waals surface area contributed by atoms with E-state index in [1.807, 2.05) is 0 Å². The summed E-state index contributed by atoms with van der Waals surface area (Å²) in [5, 5.41) is 11.6. The maximum Gasteiger partial charge on any atom is 0.338 e. The molecule has 1 heterocycles. The van der Waals surface area contributed by atoms with Crippen molar-refractivity contribution in [3.8, 4) is 0 Å². The molecule has 0 unspecified atom stereocenters. The van der Waals surface area contributed by atoms with Gasteiger partial charge in [0.05, 0.1) is 5.56 Å². The van der Waals surface area contributed by atoms with Crippen LogP contribution in [-0.4, -0.2) is 23.1 Å². The predicted octanol–water partition coefficient (Wildman–Crippen LogP) is 1.57. The van der Waals surface area contributed by atoms with Crippen LogP contribution < -0.4 is 5.32 Å². The Morgan fingerprint density at radius 1 is 1.57 bits per heavy atom. The highest BCUT2D eigenvalue weighted by Crippen LogP contribution is 2.21. The van der Waals surface area contributed by atoms with Crippen LogP contribution in [0, 0.1) is 0 Å². The number of nitrogens with zero attached hydrogens (tertiary/aromatic N) is 1. The number of aromatic carboxylic acids is 1. The number of rotatable bonds is 2. The van der Waals surface area contributed by atoms with Gasteiger partial charge in [0.25, 0.3) is 6.01 Å². The van der Waals surface area contributed by atoms with Gasteiger partial charge in [0.2, 0.25) is 0 Å². The van der Waals surface area contributed by atoms with Crippen LogP contribution in [0.4, 0.5) is 6.01 Å². The molecule has 0 atom stereocenters. The van der Waals surface area contributed by atoms with E-state index in [2.05, 4.69) is 10.3 Å². The number of hydrogen-bond donors (Lipinski definition) is 2. The second-order valence-corrected chi connectivity index (χ2v) is 2.73. The van der Waals surface area contributed by atoms with E-state index >= 15 is 0 Å². The van der Waals surface area contributed by atoms with Gasteiger partial charge < -0.3 is 14.8 Å². The Morgan fingerprint density at radius 2 is 2.36 bits per heavy atom. The zero-order valence-corrected chi connectivity index (χ0v) is 7.44. The van der Waals surface area contributed by atoms with Gasteiger partial charge in [-0.3, -0.25) is 0 Å². The zero-order chi connectivity index (χ0) is 10.1. The van der Waals surface area contributed by atoms with Crippen molar-refractivity contribution in [2.24, 2.45) is 0 Å². The number of para-hydroxylation sites is 1. The molecule has 2 rings (SSSR count). The quantitative estimate of drug-likeness (QED) is 0.755. The highest BCUT2D eigenvalue weighted by Gasteiger charge is 2.13. The highest BCUT2D eigenvalue weighted by atomic mass is 16.4. The Labute approximate surface area is 79.4 Å². The van der Waals surface area contributed by atoms with Crippen LogP contribution in [0.2, 0.25) is 0 Å². The van der Waals surface area contributed by atoms with Crippen molar-refractivity contribution in [1.29, 1.82) is 0 Å². The average molecular weight is 192 g/mol. The summed E-state index contributed by atoms with van der Waals surface area (Å²) in [5.74, 6) is -1.01. The van der Waals surface area contributed by atoms with Crippen LogP contribution in [0.15, 0.2) is 22.6 Å². The molecule has 0 saturated carbocycles. The molecule has 1 aromatic heterocycles. The van der Waals surface area contributed by atoms with E-state index in [9.17, 15) is 4.79 Å². The number of nitrogens with one attached hydrogen (secondary N) is 1. The lowest BCUT2D eigenvalue weighted by atomic mass is 10.2. The molecule has 0 aliphatic carbocycles. The van der Waals surface area contributed by atoms with E-state index in [1.165, 1.54) is 6.07 Å². The van der Waals surface area contributed by atoms with E-state index in [0.717, 1.165) is 0 Å². The number of aromatic nitrogens is 1. The van der Waals surface area contributed by atoms with Crippen LogP contribution in [0.5, 0.6) is 0 Å². The van der Waals surface area contributed by atoms with Crippen LogP contribution >= 0.6 is 0 Å². The molecule has 2 aromatic rings. The number of carboxylic acids is 1. The molecule has 72 valence electrons. The van der Waals surface area contributed by atoms with E-state index in [4.69, 9.17) is 9.52 Å². The highest BCUT2D eigenvalue weighted by molar-refractivity contribution is 6.00. The lowest BCUT2D eigenvalue weighted by molar-refractivity contribution is 0.0699. The van der Waals surface area contributed by atoms with Gasteiger partial charge in [-0.1, -0.05) is 6.07 Å². The third-order valence-corrected chi connectivity index (χ3v) is 1.86. The number of carbonyl (C=O) groups is 1. The summed E-state index contributed by atoms with van der Waals surface area (Å²) in [4.78, 5) is 14.8. The van der Waals surface area contributed by atoms with Crippen LogP contribution in [0.25, 0.3) is 11.1 Å². The van der Waals surface area contributed by atoms with Crippen LogP contribution in [0.1, 0.15) is 10.4 Å².